The minimum Gasteiger partial charge on any atom is -0.420 e. The van der Waals surface area contributed by atoms with E-state index in [1.165, 1.54) is 38.4 Å². The predicted molar refractivity (Wildman–Crippen MR) is 98.8 cm³/mol. The molecule has 0 spiro atoms. The number of ether oxygens (including phenoxy) is 1. The average Bonchev–Trinajstić information content (AvgIpc) is 2.50. The van der Waals surface area contributed by atoms with Crippen molar-refractivity contribution in [1.82, 2.24) is 4.31 Å². The van der Waals surface area contributed by atoms with Gasteiger partial charge in [-0.15, -0.1) is 0 Å². The number of benzene rings is 2. The molecule has 0 bridgehead atoms. The SMILES string of the molecule is CN(C)S(=O)(=O)c1ccc(Cl)c(C(=O)Oc2c(Cl)cc(Cl)cc2Cl)c1. The van der Waals surface area contributed by atoms with E-state index in [9.17, 15) is 13.2 Å². The van der Waals surface area contributed by atoms with Crippen molar-refractivity contribution in [1.29, 1.82) is 0 Å². The van der Waals surface area contributed by atoms with Gasteiger partial charge in [0.25, 0.3) is 0 Å². The molecule has 0 saturated heterocycles. The zero-order valence-electron chi connectivity index (χ0n) is 12.9. The lowest BCUT2D eigenvalue weighted by molar-refractivity contribution is 0.0735. The Hall–Kier alpha value is -1.02. The van der Waals surface area contributed by atoms with Crippen molar-refractivity contribution in [3.05, 3.63) is 56.0 Å². The van der Waals surface area contributed by atoms with E-state index in [1.807, 2.05) is 0 Å². The summed E-state index contributed by atoms with van der Waals surface area (Å²) in [6, 6.07) is 6.41. The highest BCUT2D eigenvalue weighted by Gasteiger charge is 2.23. The molecule has 10 heteroatoms. The first-order valence-electron chi connectivity index (χ1n) is 6.63. The summed E-state index contributed by atoms with van der Waals surface area (Å²) in [5, 5.41) is 0.342. The molecular weight excluding hydrogens is 432 g/mol. The molecule has 0 N–H and O–H groups in total. The van der Waals surface area contributed by atoms with Gasteiger partial charge >= 0.3 is 5.97 Å². The van der Waals surface area contributed by atoms with E-state index in [2.05, 4.69) is 0 Å². The lowest BCUT2D eigenvalue weighted by Crippen LogP contribution is -2.22. The second-order valence-corrected chi connectivity index (χ2v) is 8.83. The Bertz CT molecular complexity index is 922. The molecule has 2 aromatic rings. The third kappa shape index (κ3) is 4.39. The second-order valence-electron chi connectivity index (χ2n) is 5.02. The summed E-state index contributed by atoms with van der Waals surface area (Å²) >= 11 is 23.7. The summed E-state index contributed by atoms with van der Waals surface area (Å²) in [6.07, 6.45) is 0. The standard InChI is InChI=1S/C15H11Cl4NO4S/c1-20(2)25(22,23)9-3-4-11(17)10(7-9)15(21)24-14-12(18)5-8(16)6-13(14)19/h3-7H,1-2H3. The van der Waals surface area contributed by atoms with E-state index in [0.717, 1.165) is 10.4 Å². The molecule has 2 aromatic carbocycles. The number of rotatable bonds is 4. The van der Waals surface area contributed by atoms with Crippen LogP contribution in [0.3, 0.4) is 0 Å². The fourth-order valence-corrected chi connectivity index (χ4v) is 3.82. The van der Waals surface area contributed by atoms with Crippen LogP contribution in [0.25, 0.3) is 0 Å². The van der Waals surface area contributed by atoms with Gasteiger partial charge in [0.1, 0.15) is 0 Å². The summed E-state index contributed by atoms with van der Waals surface area (Å²) in [5.41, 5.74) is -0.147. The minimum atomic E-state index is -3.75. The maximum atomic E-state index is 12.4. The third-order valence-electron chi connectivity index (χ3n) is 3.09. The number of sulfonamides is 1. The van der Waals surface area contributed by atoms with Gasteiger partial charge in [-0.25, -0.2) is 17.5 Å². The molecule has 0 aliphatic heterocycles. The van der Waals surface area contributed by atoms with E-state index >= 15 is 0 Å². The van der Waals surface area contributed by atoms with E-state index in [-0.39, 0.29) is 36.3 Å². The van der Waals surface area contributed by atoms with Crippen LogP contribution in [0.5, 0.6) is 5.75 Å². The highest BCUT2D eigenvalue weighted by atomic mass is 35.5. The average molecular weight is 443 g/mol. The Morgan fingerprint density at radius 2 is 1.52 bits per heavy atom. The summed E-state index contributed by atoms with van der Waals surface area (Å²) in [7, 11) is -1.01. The molecular formula is C15H11Cl4NO4S. The Kier molecular flexibility index (Phi) is 6.25. The first-order chi connectivity index (χ1) is 11.5. The molecule has 2 rings (SSSR count). The number of hydrogen-bond donors (Lipinski definition) is 0. The molecule has 0 fully saturated rings. The molecule has 25 heavy (non-hydrogen) atoms. The normalized spacial score (nSPS) is 11.6. The van der Waals surface area contributed by atoms with Crippen LogP contribution in [0.15, 0.2) is 35.2 Å². The van der Waals surface area contributed by atoms with Crippen molar-refractivity contribution in [3.63, 3.8) is 0 Å². The van der Waals surface area contributed by atoms with Crippen LogP contribution in [0.1, 0.15) is 10.4 Å². The van der Waals surface area contributed by atoms with Gasteiger partial charge in [0.15, 0.2) is 5.75 Å². The monoisotopic (exact) mass is 441 g/mol. The maximum absolute atomic E-state index is 12.4. The molecule has 0 aliphatic rings. The van der Waals surface area contributed by atoms with E-state index in [1.54, 1.807) is 0 Å². The fraction of sp³-hybridized carbons (Fsp3) is 0.133. The Balaban J connectivity index is 2.44. The first-order valence-corrected chi connectivity index (χ1v) is 9.58. The van der Waals surface area contributed by atoms with Crippen LogP contribution in [-0.2, 0) is 10.0 Å². The second kappa shape index (κ2) is 7.70. The van der Waals surface area contributed by atoms with Crippen LogP contribution in [0.4, 0.5) is 0 Å². The predicted octanol–water partition coefficient (Wildman–Crippen LogP) is 4.77. The topological polar surface area (TPSA) is 63.7 Å². The molecule has 0 saturated carbocycles. The van der Waals surface area contributed by atoms with Gasteiger partial charge in [0, 0.05) is 19.1 Å². The fourth-order valence-electron chi connectivity index (χ4n) is 1.81. The summed E-state index contributed by atoms with van der Waals surface area (Å²) in [5.74, 6) is -1.01. The number of esters is 1. The third-order valence-corrected chi connectivity index (χ3v) is 6.01. The summed E-state index contributed by atoms with van der Waals surface area (Å²) in [4.78, 5) is 12.3. The van der Waals surface area contributed by atoms with Crippen LogP contribution < -0.4 is 4.74 Å². The molecule has 0 atom stereocenters. The lowest BCUT2D eigenvalue weighted by Gasteiger charge is -2.13. The molecule has 134 valence electrons. The van der Waals surface area contributed by atoms with Gasteiger partial charge in [-0.2, -0.15) is 0 Å². The smallest absolute Gasteiger partial charge is 0.345 e. The number of carbonyl (C=O) groups excluding carboxylic acids is 1. The summed E-state index contributed by atoms with van der Waals surface area (Å²) in [6.45, 7) is 0. The van der Waals surface area contributed by atoms with Crippen molar-refractivity contribution in [2.24, 2.45) is 0 Å². The van der Waals surface area contributed by atoms with Gasteiger partial charge < -0.3 is 4.74 Å². The Morgan fingerprint density at radius 3 is 2.04 bits per heavy atom. The van der Waals surface area contributed by atoms with Gasteiger partial charge in [-0.05, 0) is 30.3 Å². The molecule has 5 nitrogen and oxygen atoms in total. The largest absolute Gasteiger partial charge is 0.420 e. The van der Waals surface area contributed by atoms with Crippen molar-refractivity contribution in [2.45, 2.75) is 4.90 Å². The van der Waals surface area contributed by atoms with Crippen molar-refractivity contribution < 1.29 is 17.9 Å². The maximum Gasteiger partial charge on any atom is 0.345 e. The van der Waals surface area contributed by atoms with Crippen LogP contribution in [0.2, 0.25) is 20.1 Å². The lowest BCUT2D eigenvalue weighted by atomic mass is 10.2. The van der Waals surface area contributed by atoms with Crippen LogP contribution in [0, 0.1) is 0 Å². The molecule has 0 unspecified atom stereocenters. The number of nitrogens with zero attached hydrogens (tertiary/aromatic N) is 1. The Labute approximate surface area is 165 Å². The molecule has 0 heterocycles. The number of hydrogen-bond acceptors (Lipinski definition) is 4. The molecule has 0 amide bonds. The van der Waals surface area contributed by atoms with Crippen molar-refractivity contribution >= 4 is 62.4 Å². The highest BCUT2D eigenvalue weighted by molar-refractivity contribution is 7.89. The minimum absolute atomic E-state index is 0.0175. The van der Waals surface area contributed by atoms with Crippen LogP contribution >= 0.6 is 46.4 Å². The van der Waals surface area contributed by atoms with E-state index in [0.29, 0.717) is 0 Å². The summed E-state index contributed by atoms with van der Waals surface area (Å²) < 4.78 is 30.6. The van der Waals surface area contributed by atoms with E-state index in [4.69, 9.17) is 51.1 Å². The van der Waals surface area contributed by atoms with Gasteiger partial charge in [0.05, 0.1) is 25.5 Å². The zero-order valence-corrected chi connectivity index (χ0v) is 16.7. The first kappa shape index (κ1) is 20.3. The van der Waals surface area contributed by atoms with Crippen molar-refractivity contribution in [2.75, 3.05) is 14.1 Å². The van der Waals surface area contributed by atoms with Gasteiger partial charge in [-0.1, -0.05) is 46.4 Å². The van der Waals surface area contributed by atoms with Crippen LogP contribution in [-0.4, -0.2) is 32.8 Å². The highest BCUT2D eigenvalue weighted by Crippen LogP contribution is 2.36. The van der Waals surface area contributed by atoms with Crippen molar-refractivity contribution in [3.8, 4) is 5.75 Å². The van der Waals surface area contributed by atoms with E-state index < -0.39 is 16.0 Å². The molecule has 0 radical (unpaired) electrons. The number of carbonyl (C=O) groups is 1. The zero-order chi connectivity index (χ0) is 18.9. The van der Waals surface area contributed by atoms with Gasteiger partial charge in [-0.3, -0.25) is 0 Å². The Morgan fingerprint density at radius 1 is 0.960 bits per heavy atom. The quantitative estimate of drug-likeness (QED) is 0.505. The number of halogens is 4. The molecule has 0 aliphatic carbocycles. The molecule has 0 aromatic heterocycles. The van der Waals surface area contributed by atoms with Gasteiger partial charge in [0.2, 0.25) is 10.0 Å².